The fourth-order valence-electron chi connectivity index (χ4n) is 3.23. The monoisotopic (exact) mass is 336 g/mol. The highest BCUT2D eigenvalue weighted by atomic mass is 16.2. The summed E-state index contributed by atoms with van der Waals surface area (Å²) >= 11 is 0. The van der Waals surface area contributed by atoms with Crippen molar-refractivity contribution in [1.29, 1.82) is 0 Å². The molecule has 0 aromatic heterocycles. The predicted molar refractivity (Wildman–Crippen MR) is 99.3 cm³/mol. The van der Waals surface area contributed by atoms with Crippen molar-refractivity contribution in [2.45, 2.75) is 33.2 Å². The first-order chi connectivity index (χ1) is 12.1. The molecule has 25 heavy (non-hydrogen) atoms. The number of hydrogen-bond donors (Lipinski definition) is 1. The van der Waals surface area contributed by atoms with E-state index in [0.29, 0.717) is 19.5 Å². The number of anilines is 1. The lowest BCUT2D eigenvalue weighted by Gasteiger charge is -2.17. The van der Waals surface area contributed by atoms with E-state index < -0.39 is 5.92 Å². The molecule has 0 aliphatic carbocycles. The van der Waals surface area contributed by atoms with Gasteiger partial charge >= 0.3 is 0 Å². The maximum atomic E-state index is 12.6. The van der Waals surface area contributed by atoms with Crippen molar-refractivity contribution in [1.82, 2.24) is 5.32 Å². The summed E-state index contributed by atoms with van der Waals surface area (Å²) in [6.45, 7) is 5.17. The summed E-state index contributed by atoms with van der Waals surface area (Å²) in [5.74, 6) is -0.874. The first-order valence-electron chi connectivity index (χ1n) is 8.82. The zero-order valence-corrected chi connectivity index (χ0v) is 14.8. The van der Waals surface area contributed by atoms with Gasteiger partial charge in [0, 0.05) is 18.8 Å². The van der Waals surface area contributed by atoms with E-state index >= 15 is 0 Å². The standard InChI is InChI=1S/C21H24N2O2/c1-3-16-7-9-18(10-8-16)23-12-11-19(21(23)25)20(24)22-14-17-6-4-5-15(2)13-17/h4-10,13,19H,3,11-12,14H2,1-2H3,(H,22,24). The van der Waals surface area contributed by atoms with Crippen LogP contribution in [0, 0.1) is 12.8 Å². The van der Waals surface area contributed by atoms with Crippen LogP contribution in [0.2, 0.25) is 0 Å². The van der Waals surface area contributed by atoms with Crippen LogP contribution in [-0.4, -0.2) is 18.4 Å². The van der Waals surface area contributed by atoms with E-state index in [2.05, 4.69) is 12.2 Å². The Morgan fingerprint density at radius 1 is 1.16 bits per heavy atom. The number of carbonyl (C=O) groups excluding carboxylic acids is 2. The van der Waals surface area contributed by atoms with Crippen LogP contribution >= 0.6 is 0 Å². The Morgan fingerprint density at radius 3 is 2.60 bits per heavy atom. The van der Waals surface area contributed by atoms with Crippen molar-refractivity contribution in [2.75, 3.05) is 11.4 Å². The summed E-state index contributed by atoms with van der Waals surface area (Å²) in [5, 5.41) is 2.90. The van der Waals surface area contributed by atoms with Crippen LogP contribution in [0.1, 0.15) is 30.0 Å². The number of benzene rings is 2. The van der Waals surface area contributed by atoms with E-state index in [9.17, 15) is 9.59 Å². The molecule has 1 heterocycles. The molecule has 2 amide bonds. The van der Waals surface area contributed by atoms with Crippen LogP contribution in [0.15, 0.2) is 48.5 Å². The van der Waals surface area contributed by atoms with Crippen LogP contribution in [-0.2, 0) is 22.6 Å². The molecule has 1 aliphatic heterocycles. The Hall–Kier alpha value is -2.62. The van der Waals surface area contributed by atoms with Crippen LogP contribution in [0.5, 0.6) is 0 Å². The Balaban J connectivity index is 1.61. The molecular weight excluding hydrogens is 312 g/mol. The normalized spacial score (nSPS) is 17.0. The first-order valence-corrected chi connectivity index (χ1v) is 8.82. The Bertz CT molecular complexity index is 768. The van der Waals surface area contributed by atoms with Gasteiger partial charge < -0.3 is 10.2 Å². The highest BCUT2D eigenvalue weighted by Gasteiger charge is 2.37. The minimum atomic E-state index is -0.587. The quantitative estimate of drug-likeness (QED) is 0.852. The number of nitrogens with one attached hydrogen (secondary N) is 1. The molecule has 2 aromatic carbocycles. The highest BCUT2D eigenvalue weighted by Crippen LogP contribution is 2.26. The summed E-state index contributed by atoms with van der Waals surface area (Å²) in [6.07, 6.45) is 1.53. The average Bonchev–Trinajstić information content (AvgIpc) is 3.01. The lowest BCUT2D eigenvalue weighted by molar-refractivity contribution is -0.132. The van der Waals surface area contributed by atoms with Crippen molar-refractivity contribution in [2.24, 2.45) is 5.92 Å². The van der Waals surface area contributed by atoms with Gasteiger partial charge in [0.2, 0.25) is 11.8 Å². The van der Waals surface area contributed by atoms with E-state index in [-0.39, 0.29) is 11.8 Å². The zero-order valence-electron chi connectivity index (χ0n) is 14.8. The molecule has 0 saturated carbocycles. The average molecular weight is 336 g/mol. The molecule has 1 aliphatic rings. The molecule has 1 unspecified atom stereocenters. The number of nitrogens with zero attached hydrogens (tertiary/aromatic N) is 1. The third-order valence-electron chi connectivity index (χ3n) is 4.73. The molecule has 4 heteroatoms. The van der Waals surface area contributed by atoms with Crippen LogP contribution < -0.4 is 10.2 Å². The predicted octanol–water partition coefficient (Wildman–Crippen LogP) is 3.23. The van der Waals surface area contributed by atoms with Gasteiger partial charge in [0.25, 0.3) is 0 Å². The molecule has 1 saturated heterocycles. The molecular formula is C21H24N2O2. The van der Waals surface area contributed by atoms with Gasteiger partial charge in [0.05, 0.1) is 0 Å². The number of hydrogen-bond acceptors (Lipinski definition) is 2. The van der Waals surface area contributed by atoms with Crippen molar-refractivity contribution >= 4 is 17.5 Å². The molecule has 3 rings (SSSR count). The second-order valence-corrected chi connectivity index (χ2v) is 6.56. The maximum Gasteiger partial charge on any atom is 0.239 e. The van der Waals surface area contributed by atoms with Crippen molar-refractivity contribution in [3.05, 3.63) is 65.2 Å². The summed E-state index contributed by atoms with van der Waals surface area (Å²) in [5.41, 5.74) is 4.32. The first kappa shape index (κ1) is 17.2. The van der Waals surface area contributed by atoms with E-state index in [4.69, 9.17) is 0 Å². The molecule has 1 atom stereocenters. The van der Waals surface area contributed by atoms with Gasteiger partial charge in [-0.15, -0.1) is 0 Å². The number of carbonyl (C=O) groups is 2. The van der Waals surface area contributed by atoms with Crippen LogP contribution in [0.3, 0.4) is 0 Å². The van der Waals surface area contributed by atoms with Gasteiger partial charge in [-0.05, 0) is 43.0 Å². The highest BCUT2D eigenvalue weighted by molar-refractivity contribution is 6.09. The third-order valence-corrected chi connectivity index (χ3v) is 4.73. The molecule has 2 aromatic rings. The van der Waals surface area contributed by atoms with E-state index in [1.54, 1.807) is 4.90 Å². The van der Waals surface area contributed by atoms with E-state index in [1.165, 1.54) is 5.56 Å². The van der Waals surface area contributed by atoms with E-state index in [0.717, 1.165) is 23.2 Å². The SMILES string of the molecule is CCc1ccc(N2CCC(C(=O)NCc3cccc(C)c3)C2=O)cc1. The Labute approximate surface area is 148 Å². The number of amides is 2. The fourth-order valence-corrected chi connectivity index (χ4v) is 3.23. The van der Waals surface area contributed by atoms with Gasteiger partial charge in [0.15, 0.2) is 0 Å². The summed E-state index contributed by atoms with van der Waals surface area (Å²) in [6, 6.07) is 16.0. The van der Waals surface area contributed by atoms with Crippen molar-refractivity contribution in [3.63, 3.8) is 0 Å². The van der Waals surface area contributed by atoms with E-state index in [1.807, 2.05) is 55.5 Å². The molecule has 0 radical (unpaired) electrons. The summed E-state index contributed by atoms with van der Waals surface area (Å²) in [4.78, 5) is 26.8. The van der Waals surface area contributed by atoms with Crippen molar-refractivity contribution in [3.8, 4) is 0 Å². The van der Waals surface area contributed by atoms with Gasteiger partial charge in [-0.1, -0.05) is 48.9 Å². The molecule has 130 valence electrons. The van der Waals surface area contributed by atoms with Gasteiger partial charge in [0.1, 0.15) is 5.92 Å². The van der Waals surface area contributed by atoms with Crippen LogP contribution in [0.4, 0.5) is 5.69 Å². The Kier molecular flexibility index (Phi) is 5.17. The topological polar surface area (TPSA) is 49.4 Å². The molecule has 1 N–H and O–H groups in total. The van der Waals surface area contributed by atoms with Gasteiger partial charge in [-0.2, -0.15) is 0 Å². The lowest BCUT2D eigenvalue weighted by atomic mass is 10.1. The maximum absolute atomic E-state index is 12.6. The van der Waals surface area contributed by atoms with Crippen molar-refractivity contribution < 1.29 is 9.59 Å². The van der Waals surface area contributed by atoms with Gasteiger partial charge in [-0.3, -0.25) is 9.59 Å². The largest absolute Gasteiger partial charge is 0.351 e. The minimum absolute atomic E-state index is 0.106. The smallest absolute Gasteiger partial charge is 0.239 e. The second-order valence-electron chi connectivity index (χ2n) is 6.56. The summed E-state index contributed by atoms with van der Waals surface area (Å²) < 4.78 is 0. The lowest BCUT2D eigenvalue weighted by Crippen LogP contribution is -2.36. The zero-order chi connectivity index (χ0) is 17.8. The summed E-state index contributed by atoms with van der Waals surface area (Å²) in [7, 11) is 0. The fraction of sp³-hybridized carbons (Fsp3) is 0.333. The molecule has 0 spiro atoms. The van der Waals surface area contributed by atoms with Gasteiger partial charge in [-0.25, -0.2) is 0 Å². The minimum Gasteiger partial charge on any atom is -0.351 e. The number of rotatable bonds is 5. The molecule has 4 nitrogen and oxygen atoms in total. The molecule has 1 fully saturated rings. The molecule has 0 bridgehead atoms. The second kappa shape index (κ2) is 7.51. The van der Waals surface area contributed by atoms with Crippen LogP contribution in [0.25, 0.3) is 0 Å². The third kappa shape index (κ3) is 3.90. The Morgan fingerprint density at radius 2 is 1.92 bits per heavy atom. The number of aryl methyl sites for hydroxylation is 2.